The lowest BCUT2D eigenvalue weighted by Crippen LogP contribution is -2.32. The Morgan fingerprint density at radius 3 is 2.86 bits per heavy atom. The smallest absolute Gasteiger partial charge is 0.348 e. The summed E-state index contributed by atoms with van der Waals surface area (Å²) < 4.78 is 32.0. The number of thiophene rings is 1. The van der Waals surface area contributed by atoms with E-state index in [9.17, 15) is 18.3 Å². The van der Waals surface area contributed by atoms with Crippen molar-refractivity contribution in [2.75, 3.05) is 13.7 Å². The van der Waals surface area contributed by atoms with E-state index in [1.807, 2.05) is 0 Å². The molecule has 0 spiro atoms. The predicted molar refractivity (Wildman–Crippen MR) is 81.9 cm³/mol. The van der Waals surface area contributed by atoms with Gasteiger partial charge in [-0.1, -0.05) is 6.42 Å². The minimum Gasteiger partial charge on any atom is -0.465 e. The first-order chi connectivity index (χ1) is 9.85. The van der Waals surface area contributed by atoms with Crippen molar-refractivity contribution in [3.05, 3.63) is 14.7 Å². The molecular weight excluding hydrogens is 382 g/mol. The summed E-state index contributed by atoms with van der Waals surface area (Å²) in [6.07, 6.45) is 1.97. The van der Waals surface area contributed by atoms with E-state index in [1.54, 1.807) is 0 Å². The number of nitrogens with one attached hydrogen (secondary N) is 1. The fourth-order valence-electron chi connectivity index (χ4n) is 2.29. The Kier molecular flexibility index (Phi) is 5.42. The first-order valence-corrected chi connectivity index (χ1v) is 9.50. The number of esters is 1. The number of rotatable bonds is 5. The molecule has 1 fully saturated rings. The number of hydrogen-bond donors (Lipinski definition) is 2. The van der Waals surface area contributed by atoms with Gasteiger partial charge in [0, 0.05) is 6.54 Å². The van der Waals surface area contributed by atoms with Gasteiger partial charge in [0.1, 0.15) is 9.77 Å². The zero-order valence-corrected chi connectivity index (χ0v) is 14.6. The van der Waals surface area contributed by atoms with Crippen molar-refractivity contribution in [3.63, 3.8) is 0 Å². The van der Waals surface area contributed by atoms with E-state index in [0.29, 0.717) is 10.2 Å². The van der Waals surface area contributed by atoms with Crippen LogP contribution in [0.4, 0.5) is 0 Å². The second-order valence-corrected chi connectivity index (χ2v) is 8.96. The summed E-state index contributed by atoms with van der Waals surface area (Å²) in [7, 11) is -2.49. The molecule has 9 heteroatoms. The molecule has 118 valence electrons. The summed E-state index contributed by atoms with van der Waals surface area (Å²) >= 11 is 4.16. The lowest BCUT2D eigenvalue weighted by atomic mass is 10.1. The van der Waals surface area contributed by atoms with Gasteiger partial charge in [-0.2, -0.15) is 0 Å². The Balaban J connectivity index is 2.12. The molecule has 21 heavy (non-hydrogen) atoms. The van der Waals surface area contributed by atoms with Crippen LogP contribution in [0.15, 0.2) is 14.7 Å². The van der Waals surface area contributed by atoms with Gasteiger partial charge in [-0.25, -0.2) is 17.9 Å². The van der Waals surface area contributed by atoms with E-state index in [-0.39, 0.29) is 22.2 Å². The number of carbonyl (C=O) groups is 1. The molecule has 1 aliphatic carbocycles. The Hall–Kier alpha value is -0.480. The van der Waals surface area contributed by atoms with Crippen LogP contribution < -0.4 is 4.72 Å². The Bertz CT molecular complexity index is 628. The molecule has 0 saturated heterocycles. The number of methoxy groups -OCH3 is 1. The molecule has 1 saturated carbocycles. The van der Waals surface area contributed by atoms with Crippen LogP contribution in [0.3, 0.4) is 0 Å². The van der Waals surface area contributed by atoms with Gasteiger partial charge in [-0.05, 0) is 40.8 Å². The van der Waals surface area contributed by atoms with Crippen molar-refractivity contribution < 1.29 is 23.1 Å². The third-order valence-corrected chi connectivity index (χ3v) is 7.14. The van der Waals surface area contributed by atoms with E-state index in [2.05, 4.69) is 25.4 Å². The molecule has 1 heterocycles. The van der Waals surface area contributed by atoms with Crippen molar-refractivity contribution in [2.45, 2.75) is 30.3 Å². The van der Waals surface area contributed by atoms with Gasteiger partial charge in [-0.15, -0.1) is 11.3 Å². The lowest BCUT2D eigenvalue weighted by molar-refractivity contribution is 0.0606. The second-order valence-electron chi connectivity index (χ2n) is 4.85. The highest BCUT2D eigenvalue weighted by atomic mass is 79.9. The fourth-order valence-corrected chi connectivity index (χ4v) is 5.86. The maximum absolute atomic E-state index is 12.3. The summed E-state index contributed by atoms with van der Waals surface area (Å²) in [5.41, 5.74) is 0. The van der Waals surface area contributed by atoms with Crippen LogP contribution in [0.1, 0.15) is 28.9 Å². The Labute approximate surface area is 135 Å². The SMILES string of the molecule is COC(=O)c1cc(S(=O)(=O)NCC2CCCC2O)c(Br)s1. The third-order valence-electron chi connectivity index (χ3n) is 3.49. The van der Waals surface area contributed by atoms with Crippen LogP contribution >= 0.6 is 27.3 Å². The number of aliphatic hydroxyl groups is 1. The highest BCUT2D eigenvalue weighted by Gasteiger charge is 2.28. The highest BCUT2D eigenvalue weighted by Crippen LogP contribution is 2.32. The lowest BCUT2D eigenvalue weighted by Gasteiger charge is -2.14. The average Bonchev–Trinajstić information content (AvgIpc) is 3.02. The normalized spacial score (nSPS) is 22.4. The van der Waals surface area contributed by atoms with Gasteiger partial charge in [0.25, 0.3) is 0 Å². The van der Waals surface area contributed by atoms with Crippen LogP contribution in [0.2, 0.25) is 0 Å². The molecule has 2 N–H and O–H groups in total. The molecule has 6 nitrogen and oxygen atoms in total. The minimum absolute atomic E-state index is 0.0142. The zero-order chi connectivity index (χ0) is 15.6. The first-order valence-electron chi connectivity index (χ1n) is 6.40. The molecule has 0 radical (unpaired) electrons. The summed E-state index contributed by atoms with van der Waals surface area (Å²) in [4.78, 5) is 11.7. The quantitative estimate of drug-likeness (QED) is 0.738. The molecule has 1 aromatic rings. The highest BCUT2D eigenvalue weighted by molar-refractivity contribution is 9.11. The molecule has 0 amide bonds. The number of hydrogen-bond acceptors (Lipinski definition) is 6. The van der Waals surface area contributed by atoms with Crippen molar-refractivity contribution in [2.24, 2.45) is 5.92 Å². The van der Waals surface area contributed by atoms with Crippen molar-refractivity contribution in [1.82, 2.24) is 4.72 Å². The van der Waals surface area contributed by atoms with E-state index >= 15 is 0 Å². The number of ether oxygens (including phenoxy) is 1. The molecule has 2 unspecified atom stereocenters. The van der Waals surface area contributed by atoms with Crippen molar-refractivity contribution in [3.8, 4) is 0 Å². The van der Waals surface area contributed by atoms with Gasteiger partial charge < -0.3 is 9.84 Å². The van der Waals surface area contributed by atoms with E-state index in [0.717, 1.165) is 24.2 Å². The van der Waals surface area contributed by atoms with E-state index in [4.69, 9.17) is 0 Å². The molecule has 1 aliphatic rings. The largest absolute Gasteiger partial charge is 0.465 e. The Morgan fingerprint density at radius 2 is 2.29 bits per heavy atom. The summed E-state index contributed by atoms with van der Waals surface area (Å²) in [5.74, 6) is -0.634. The number of aliphatic hydroxyl groups excluding tert-OH is 1. The predicted octanol–water partition coefficient (Wildman–Crippen LogP) is 1.74. The van der Waals surface area contributed by atoms with Crippen LogP contribution in [0, 0.1) is 5.92 Å². The summed E-state index contributed by atoms with van der Waals surface area (Å²) in [6, 6.07) is 1.29. The molecule has 0 aromatic carbocycles. The molecule has 2 rings (SSSR count). The van der Waals surface area contributed by atoms with Crippen LogP contribution in [0.25, 0.3) is 0 Å². The van der Waals surface area contributed by atoms with Gasteiger partial charge in [0.2, 0.25) is 10.0 Å². The maximum atomic E-state index is 12.3. The molecule has 0 bridgehead atoms. The minimum atomic E-state index is -3.73. The third kappa shape index (κ3) is 3.84. The number of halogens is 1. The molecule has 1 aromatic heterocycles. The van der Waals surface area contributed by atoms with Crippen molar-refractivity contribution in [1.29, 1.82) is 0 Å². The number of carbonyl (C=O) groups excluding carboxylic acids is 1. The topological polar surface area (TPSA) is 92.7 Å². The molecular formula is C12H16BrNO5S2. The van der Waals surface area contributed by atoms with Crippen LogP contribution in [-0.2, 0) is 14.8 Å². The van der Waals surface area contributed by atoms with Gasteiger partial charge in [-0.3, -0.25) is 0 Å². The standard InChI is InChI=1S/C12H16BrNO5S2/c1-19-12(16)9-5-10(11(13)20-9)21(17,18)14-6-7-3-2-4-8(7)15/h5,7-8,14-15H,2-4,6H2,1H3. The molecule has 2 atom stereocenters. The first kappa shape index (κ1) is 16.9. The van der Waals surface area contributed by atoms with Crippen molar-refractivity contribution >= 4 is 43.3 Å². The summed E-state index contributed by atoms with van der Waals surface area (Å²) in [6.45, 7) is 0.194. The number of sulfonamides is 1. The second kappa shape index (κ2) is 6.74. The Morgan fingerprint density at radius 1 is 1.57 bits per heavy atom. The van der Waals surface area contributed by atoms with Crippen LogP contribution in [-0.4, -0.2) is 39.3 Å². The molecule has 0 aliphatic heterocycles. The van der Waals surface area contributed by atoms with E-state index < -0.39 is 22.1 Å². The summed E-state index contributed by atoms with van der Waals surface area (Å²) in [5, 5.41) is 9.72. The van der Waals surface area contributed by atoms with Crippen LogP contribution in [0.5, 0.6) is 0 Å². The van der Waals surface area contributed by atoms with Gasteiger partial charge in [0.15, 0.2) is 0 Å². The maximum Gasteiger partial charge on any atom is 0.348 e. The monoisotopic (exact) mass is 397 g/mol. The van der Waals surface area contributed by atoms with E-state index in [1.165, 1.54) is 13.2 Å². The zero-order valence-electron chi connectivity index (χ0n) is 11.3. The van der Waals surface area contributed by atoms with Gasteiger partial charge >= 0.3 is 5.97 Å². The average molecular weight is 398 g/mol. The van der Waals surface area contributed by atoms with Gasteiger partial charge in [0.05, 0.1) is 17.0 Å². The fraction of sp³-hybridized carbons (Fsp3) is 0.583.